The molecule has 0 aromatic heterocycles. The largest absolute Gasteiger partial charge is 0.508 e. The summed E-state index contributed by atoms with van der Waals surface area (Å²) in [7, 11) is 0. The van der Waals surface area contributed by atoms with Crippen LogP contribution in [0.1, 0.15) is 17.0 Å². The van der Waals surface area contributed by atoms with Crippen LogP contribution < -0.4 is 4.74 Å². The predicted octanol–water partition coefficient (Wildman–Crippen LogP) is 4.11. The molecule has 23 heavy (non-hydrogen) atoms. The second-order valence-electron chi connectivity index (χ2n) is 5.52. The van der Waals surface area contributed by atoms with E-state index in [9.17, 15) is 9.90 Å². The summed E-state index contributed by atoms with van der Waals surface area (Å²) in [4.78, 5) is 12.7. The molecule has 0 unspecified atom stereocenters. The van der Waals surface area contributed by atoms with Crippen LogP contribution in [0.3, 0.4) is 0 Å². The van der Waals surface area contributed by atoms with Crippen molar-refractivity contribution < 1.29 is 14.6 Å². The van der Waals surface area contributed by atoms with Crippen LogP contribution in [-0.2, 0) is 4.79 Å². The maximum absolute atomic E-state index is 12.7. The lowest BCUT2D eigenvalue weighted by Gasteiger charge is -2.13. The summed E-state index contributed by atoms with van der Waals surface area (Å²) in [6.45, 7) is 0. The van der Waals surface area contributed by atoms with Gasteiger partial charge in [0.2, 0.25) is 0 Å². The van der Waals surface area contributed by atoms with E-state index in [1.165, 1.54) is 12.1 Å². The van der Waals surface area contributed by atoms with Crippen LogP contribution in [0.15, 0.2) is 72.8 Å². The quantitative estimate of drug-likeness (QED) is 0.572. The minimum Gasteiger partial charge on any atom is -0.508 e. The van der Waals surface area contributed by atoms with Crippen LogP contribution in [0.25, 0.3) is 11.1 Å². The van der Waals surface area contributed by atoms with Crippen molar-refractivity contribution in [2.24, 2.45) is 0 Å². The summed E-state index contributed by atoms with van der Waals surface area (Å²) in [6.07, 6.45) is 0. The third kappa shape index (κ3) is 2.27. The number of ether oxygens (including phenoxy) is 1. The SMILES string of the molecule is O=C(Oc1ccc(O)cc1)C1c2ccccc2-c2ccccc21. The van der Waals surface area contributed by atoms with E-state index in [0.717, 1.165) is 22.3 Å². The van der Waals surface area contributed by atoms with Crippen LogP contribution in [0.5, 0.6) is 11.5 Å². The Kier molecular flexibility index (Phi) is 3.12. The van der Waals surface area contributed by atoms with Crippen molar-refractivity contribution in [1.29, 1.82) is 0 Å². The molecule has 3 nitrogen and oxygen atoms in total. The van der Waals surface area contributed by atoms with Gasteiger partial charge in [0, 0.05) is 0 Å². The zero-order chi connectivity index (χ0) is 15.8. The standard InChI is InChI=1S/C20H14O3/c21-13-9-11-14(12-10-13)23-20(22)19-17-7-3-1-5-15(17)16-6-2-4-8-18(16)19/h1-12,19,21H. The first kappa shape index (κ1) is 13.6. The van der Waals surface area contributed by atoms with E-state index in [0.29, 0.717) is 5.75 Å². The molecule has 0 radical (unpaired) electrons. The number of aromatic hydroxyl groups is 1. The maximum Gasteiger partial charge on any atom is 0.323 e. The fourth-order valence-corrected chi connectivity index (χ4v) is 3.10. The molecule has 0 fully saturated rings. The van der Waals surface area contributed by atoms with Crippen molar-refractivity contribution in [3.8, 4) is 22.6 Å². The van der Waals surface area contributed by atoms with Gasteiger partial charge in [-0.05, 0) is 46.5 Å². The van der Waals surface area contributed by atoms with Crippen LogP contribution in [0.4, 0.5) is 0 Å². The molecule has 0 saturated carbocycles. The molecule has 3 heteroatoms. The summed E-state index contributed by atoms with van der Waals surface area (Å²) in [6, 6.07) is 22.0. The number of esters is 1. The van der Waals surface area contributed by atoms with Gasteiger partial charge in [-0.25, -0.2) is 0 Å². The Morgan fingerprint density at radius 3 is 1.87 bits per heavy atom. The molecule has 3 aromatic carbocycles. The van der Waals surface area contributed by atoms with Gasteiger partial charge >= 0.3 is 5.97 Å². The highest BCUT2D eigenvalue weighted by molar-refractivity contribution is 5.94. The summed E-state index contributed by atoms with van der Waals surface area (Å²) < 4.78 is 5.52. The zero-order valence-electron chi connectivity index (χ0n) is 12.3. The molecular formula is C20H14O3. The monoisotopic (exact) mass is 302 g/mol. The fraction of sp³-hybridized carbons (Fsp3) is 0.0500. The normalized spacial score (nSPS) is 12.5. The van der Waals surface area contributed by atoms with E-state index < -0.39 is 5.92 Å². The average molecular weight is 302 g/mol. The lowest BCUT2D eigenvalue weighted by atomic mass is 9.97. The van der Waals surface area contributed by atoms with E-state index in [-0.39, 0.29) is 11.7 Å². The van der Waals surface area contributed by atoms with Gasteiger partial charge in [-0.1, -0.05) is 48.5 Å². The Morgan fingerprint density at radius 2 is 1.30 bits per heavy atom. The first-order valence-corrected chi connectivity index (χ1v) is 7.43. The molecule has 4 rings (SSSR count). The number of hydrogen-bond acceptors (Lipinski definition) is 3. The topological polar surface area (TPSA) is 46.5 Å². The number of hydrogen-bond donors (Lipinski definition) is 1. The van der Waals surface area contributed by atoms with E-state index in [4.69, 9.17) is 4.74 Å². The van der Waals surface area contributed by atoms with Crippen molar-refractivity contribution in [1.82, 2.24) is 0 Å². The van der Waals surface area contributed by atoms with Crippen molar-refractivity contribution in [2.45, 2.75) is 5.92 Å². The first-order valence-electron chi connectivity index (χ1n) is 7.43. The molecule has 0 saturated heterocycles. The highest BCUT2D eigenvalue weighted by Crippen LogP contribution is 2.45. The van der Waals surface area contributed by atoms with Crippen LogP contribution in [0, 0.1) is 0 Å². The highest BCUT2D eigenvalue weighted by Gasteiger charge is 2.34. The molecular weight excluding hydrogens is 288 g/mol. The Bertz CT molecular complexity index is 836. The number of benzene rings is 3. The van der Waals surface area contributed by atoms with Crippen molar-refractivity contribution in [2.75, 3.05) is 0 Å². The molecule has 3 aromatic rings. The average Bonchev–Trinajstić information content (AvgIpc) is 2.91. The Morgan fingerprint density at radius 1 is 0.783 bits per heavy atom. The summed E-state index contributed by atoms with van der Waals surface area (Å²) >= 11 is 0. The van der Waals surface area contributed by atoms with E-state index in [2.05, 4.69) is 0 Å². The molecule has 0 aliphatic heterocycles. The van der Waals surface area contributed by atoms with Gasteiger partial charge in [0.25, 0.3) is 0 Å². The van der Waals surface area contributed by atoms with Gasteiger partial charge in [0.05, 0.1) is 0 Å². The minimum absolute atomic E-state index is 0.140. The number of fused-ring (bicyclic) bond motifs is 3. The van der Waals surface area contributed by atoms with Gasteiger partial charge < -0.3 is 9.84 Å². The summed E-state index contributed by atoms with van der Waals surface area (Å²) in [5.74, 6) is -0.166. The number of phenolic OH excluding ortho intramolecular Hbond substituents is 1. The Hall–Kier alpha value is -3.07. The van der Waals surface area contributed by atoms with Crippen LogP contribution >= 0.6 is 0 Å². The maximum atomic E-state index is 12.7. The van der Waals surface area contributed by atoms with Crippen molar-refractivity contribution in [3.63, 3.8) is 0 Å². The number of rotatable bonds is 2. The van der Waals surface area contributed by atoms with Gasteiger partial charge in [0.1, 0.15) is 17.4 Å². The fourth-order valence-electron chi connectivity index (χ4n) is 3.10. The molecule has 112 valence electrons. The number of carbonyl (C=O) groups excluding carboxylic acids is 1. The van der Waals surface area contributed by atoms with Gasteiger partial charge in [-0.2, -0.15) is 0 Å². The molecule has 0 heterocycles. The molecule has 0 bridgehead atoms. The molecule has 0 spiro atoms. The van der Waals surface area contributed by atoms with Gasteiger partial charge in [0.15, 0.2) is 0 Å². The molecule has 0 amide bonds. The molecule has 1 N–H and O–H groups in total. The van der Waals surface area contributed by atoms with Crippen LogP contribution in [-0.4, -0.2) is 11.1 Å². The highest BCUT2D eigenvalue weighted by atomic mass is 16.5. The van der Waals surface area contributed by atoms with Crippen molar-refractivity contribution >= 4 is 5.97 Å². The van der Waals surface area contributed by atoms with Crippen LogP contribution in [0.2, 0.25) is 0 Å². The molecule has 1 aliphatic carbocycles. The van der Waals surface area contributed by atoms with Crippen molar-refractivity contribution in [3.05, 3.63) is 83.9 Å². The molecule has 0 atom stereocenters. The third-order valence-corrected chi connectivity index (χ3v) is 4.12. The second-order valence-corrected chi connectivity index (χ2v) is 5.52. The van der Waals surface area contributed by atoms with E-state index >= 15 is 0 Å². The Labute approximate surface area is 133 Å². The third-order valence-electron chi connectivity index (χ3n) is 4.12. The smallest absolute Gasteiger partial charge is 0.323 e. The van der Waals surface area contributed by atoms with E-state index in [1.807, 2.05) is 48.5 Å². The summed E-state index contributed by atoms with van der Waals surface area (Å²) in [5, 5.41) is 9.32. The predicted molar refractivity (Wildman–Crippen MR) is 87.5 cm³/mol. The molecule has 1 aliphatic rings. The minimum atomic E-state index is -0.420. The lowest BCUT2D eigenvalue weighted by Crippen LogP contribution is -2.18. The lowest BCUT2D eigenvalue weighted by molar-refractivity contribution is -0.135. The number of carbonyl (C=O) groups is 1. The van der Waals surface area contributed by atoms with E-state index in [1.54, 1.807) is 12.1 Å². The first-order chi connectivity index (χ1) is 11.2. The summed E-state index contributed by atoms with van der Waals surface area (Å²) in [5.41, 5.74) is 4.10. The van der Waals surface area contributed by atoms with Gasteiger partial charge in [-0.3, -0.25) is 4.79 Å². The van der Waals surface area contributed by atoms with Gasteiger partial charge in [-0.15, -0.1) is 0 Å². The zero-order valence-corrected chi connectivity index (χ0v) is 12.3. The Balaban J connectivity index is 1.73. The second kappa shape index (κ2) is 5.29. The number of phenols is 1.